The van der Waals surface area contributed by atoms with Crippen molar-refractivity contribution < 1.29 is 9.32 Å². The van der Waals surface area contributed by atoms with Gasteiger partial charge in [-0.2, -0.15) is 9.78 Å². The van der Waals surface area contributed by atoms with Crippen LogP contribution < -0.4 is 4.90 Å². The summed E-state index contributed by atoms with van der Waals surface area (Å²) in [7, 11) is 2.12. The highest BCUT2D eigenvalue weighted by molar-refractivity contribution is 7.71. The van der Waals surface area contributed by atoms with Crippen molar-refractivity contribution in [1.82, 2.24) is 24.5 Å². The fourth-order valence-corrected chi connectivity index (χ4v) is 3.32. The molecule has 0 bridgehead atoms. The Hall–Kier alpha value is -3.10. The molecule has 0 fully saturated rings. The molecule has 2 aromatic heterocycles. The molecule has 0 aliphatic carbocycles. The Labute approximate surface area is 174 Å². The normalized spacial score (nSPS) is 13.3. The average Bonchev–Trinajstić information content (AvgIpc) is 3.39. The van der Waals surface area contributed by atoms with Gasteiger partial charge >= 0.3 is 0 Å². The van der Waals surface area contributed by atoms with Gasteiger partial charge in [0.2, 0.25) is 5.89 Å². The van der Waals surface area contributed by atoms with Crippen molar-refractivity contribution in [2.75, 3.05) is 7.05 Å². The van der Waals surface area contributed by atoms with E-state index in [-0.39, 0.29) is 6.04 Å². The smallest absolute Gasteiger partial charge is 0.292 e. The number of nitrogens with zero attached hydrogens (tertiary/aromatic N) is 5. The third-order valence-corrected chi connectivity index (χ3v) is 5.41. The van der Waals surface area contributed by atoms with Gasteiger partial charge in [-0.3, -0.25) is 0 Å². The quantitative estimate of drug-likeness (QED) is 0.498. The number of benzene rings is 2. The second-order valence-corrected chi connectivity index (χ2v) is 7.55. The molecule has 29 heavy (non-hydrogen) atoms. The summed E-state index contributed by atoms with van der Waals surface area (Å²) in [6.07, 6.45) is 3.22. The second kappa shape index (κ2) is 8.10. The van der Waals surface area contributed by atoms with Crippen LogP contribution in [0.2, 0.25) is 0 Å². The van der Waals surface area contributed by atoms with E-state index in [1.54, 1.807) is 15.7 Å². The van der Waals surface area contributed by atoms with Gasteiger partial charge in [0, 0.05) is 11.1 Å². The van der Waals surface area contributed by atoms with Gasteiger partial charge in [-0.1, -0.05) is 29.8 Å². The first-order valence-corrected chi connectivity index (χ1v) is 9.84. The van der Waals surface area contributed by atoms with E-state index >= 15 is 0 Å². The summed E-state index contributed by atoms with van der Waals surface area (Å²) in [6, 6.07) is 16.6. The van der Waals surface area contributed by atoms with Gasteiger partial charge in [-0.25, -0.2) is 9.67 Å². The summed E-state index contributed by atoms with van der Waals surface area (Å²) in [5, 5.41) is 8.74. The van der Waals surface area contributed by atoms with Crippen LogP contribution in [0.3, 0.4) is 0 Å². The lowest BCUT2D eigenvalue weighted by Crippen LogP contribution is -3.08. The topological polar surface area (TPSA) is 66.1 Å². The predicted octanol–water partition coefficient (Wildman–Crippen LogP) is 3.00. The van der Waals surface area contributed by atoms with Gasteiger partial charge in [-0.15, -0.1) is 5.10 Å². The standard InChI is InChI=1S/C21H22N6OS/c1-15-4-6-18(7-5-15)20-24-27(21(29)28-20)14-25(3)16(2)17-8-10-19(11-9-17)26-13-22-12-23-26/h4-13,16H,14H2,1-3H3/p+1/t16-/m0/s1. The van der Waals surface area contributed by atoms with Crippen molar-refractivity contribution in [2.45, 2.75) is 26.6 Å². The molecule has 0 spiro atoms. The molecule has 0 aliphatic rings. The zero-order valence-corrected chi connectivity index (χ0v) is 17.4. The molecule has 0 aliphatic heterocycles. The average molecular weight is 408 g/mol. The minimum atomic E-state index is 0.251. The van der Waals surface area contributed by atoms with Crippen molar-refractivity contribution >= 4 is 12.2 Å². The molecule has 2 atom stereocenters. The molecule has 0 radical (unpaired) electrons. The van der Waals surface area contributed by atoms with E-state index in [0.29, 0.717) is 17.4 Å². The van der Waals surface area contributed by atoms with Gasteiger partial charge in [0.1, 0.15) is 18.7 Å². The first-order valence-electron chi connectivity index (χ1n) is 9.43. The number of aromatic nitrogens is 5. The van der Waals surface area contributed by atoms with Gasteiger partial charge in [0.15, 0.2) is 6.67 Å². The van der Waals surface area contributed by atoms with Crippen molar-refractivity contribution in [3.8, 4) is 17.1 Å². The molecule has 8 heteroatoms. The van der Waals surface area contributed by atoms with Crippen LogP contribution in [0.4, 0.5) is 0 Å². The highest BCUT2D eigenvalue weighted by Crippen LogP contribution is 2.18. The number of hydrogen-bond acceptors (Lipinski definition) is 5. The van der Waals surface area contributed by atoms with E-state index in [2.05, 4.69) is 48.2 Å². The number of rotatable bonds is 6. The zero-order valence-electron chi connectivity index (χ0n) is 16.6. The Morgan fingerprint density at radius 3 is 2.48 bits per heavy atom. The SMILES string of the molecule is Cc1ccc(-c2nn(C[NH+](C)[C@@H](C)c3ccc(-n4cncn4)cc3)c(=S)o2)cc1. The minimum Gasteiger partial charge on any atom is -0.409 e. The minimum absolute atomic E-state index is 0.251. The van der Waals surface area contributed by atoms with Crippen LogP contribution in [0.15, 0.2) is 65.6 Å². The van der Waals surface area contributed by atoms with E-state index in [4.69, 9.17) is 16.6 Å². The first kappa shape index (κ1) is 19.2. The molecule has 1 N–H and O–H groups in total. The van der Waals surface area contributed by atoms with Crippen molar-refractivity contribution in [3.05, 3.63) is 77.1 Å². The molecule has 0 saturated carbocycles. The first-order chi connectivity index (χ1) is 14.0. The highest BCUT2D eigenvalue weighted by atomic mass is 32.1. The highest BCUT2D eigenvalue weighted by Gasteiger charge is 2.18. The Balaban J connectivity index is 1.48. The Morgan fingerprint density at radius 2 is 1.83 bits per heavy atom. The molecule has 148 valence electrons. The fraction of sp³-hybridized carbons (Fsp3) is 0.238. The molecule has 7 nitrogen and oxygen atoms in total. The predicted molar refractivity (Wildman–Crippen MR) is 112 cm³/mol. The number of aryl methyl sites for hydroxylation is 1. The van der Waals surface area contributed by atoms with E-state index in [9.17, 15) is 0 Å². The lowest BCUT2D eigenvalue weighted by Gasteiger charge is -2.21. The molecular formula is C21H23N6OS+. The maximum Gasteiger partial charge on any atom is 0.292 e. The Morgan fingerprint density at radius 1 is 1.10 bits per heavy atom. The van der Waals surface area contributed by atoms with Crippen LogP contribution >= 0.6 is 12.2 Å². The molecule has 4 aromatic rings. The van der Waals surface area contributed by atoms with Crippen LogP contribution in [-0.2, 0) is 6.67 Å². The summed E-state index contributed by atoms with van der Waals surface area (Å²) >= 11 is 5.39. The summed E-state index contributed by atoms with van der Waals surface area (Å²) in [5.74, 6) is 0.549. The lowest BCUT2D eigenvalue weighted by molar-refractivity contribution is -0.933. The maximum absolute atomic E-state index is 5.72. The molecule has 2 aromatic carbocycles. The van der Waals surface area contributed by atoms with Crippen molar-refractivity contribution in [1.29, 1.82) is 0 Å². The summed E-state index contributed by atoms with van der Waals surface area (Å²) in [4.78, 5) is 5.62. The maximum atomic E-state index is 5.72. The summed E-state index contributed by atoms with van der Waals surface area (Å²) < 4.78 is 9.21. The Kier molecular flexibility index (Phi) is 5.37. The molecule has 2 heterocycles. The molecule has 4 rings (SSSR count). The van der Waals surface area contributed by atoms with Crippen LogP contribution in [-0.4, -0.2) is 31.6 Å². The summed E-state index contributed by atoms with van der Waals surface area (Å²) in [6.45, 7) is 4.85. The molecule has 0 amide bonds. The van der Waals surface area contributed by atoms with Crippen LogP contribution in [0.25, 0.3) is 17.1 Å². The van der Waals surface area contributed by atoms with Gasteiger partial charge in [-0.05, 0) is 50.3 Å². The molecule has 0 saturated heterocycles. The van der Waals surface area contributed by atoms with Gasteiger partial charge < -0.3 is 9.32 Å². The van der Waals surface area contributed by atoms with Crippen LogP contribution in [0.1, 0.15) is 24.1 Å². The third kappa shape index (κ3) is 4.18. The molecule has 1 unspecified atom stereocenters. The van der Waals surface area contributed by atoms with Gasteiger partial charge in [0.05, 0.1) is 12.7 Å². The van der Waals surface area contributed by atoms with Gasteiger partial charge in [0.25, 0.3) is 4.84 Å². The zero-order chi connectivity index (χ0) is 20.4. The van der Waals surface area contributed by atoms with E-state index in [1.165, 1.54) is 22.4 Å². The van der Waals surface area contributed by atoms with E-state index in [0.717, 1.165) is 11.3 Å². The largest absolute Gasteiger partial charge is 0.409 e. The fourth-order valence-electron chi connectivity index (χ4n) is 3.13. The third-order valence-electron chi connectivity index (χ3n) is 5.12. The number of hydrogen-bond donors (Lipinski definition) is 1. The second-order valence-electron chi connectivity index (χ2n) is 7.20. The van der Waals surface area contributed by atoms with E-state index < -0.39 is 0 Å². The number of quaternary nitrogens is 1. The number of nitrogens with one attached hydrogen (secondary N) is 1. The van der Waals surface area contributed by atoms with Crippen LogP contribution in [0, 0.1) is 11.8 Å². The monoisotopic (exact) mass is 407 g/mol. The lowest BCUT2D eigenvalue weighted by atomic mass is 10.1. The summed E-state index contributed by atoms with van der Waals surface area (Å²) in [5.41, 5.74) is 4.33. The Bertz CT molecular complexity index is 1130. The van der Waals surface area contributed by atoms with E-state index in [1.807, 2.05) is 36.4 Å². The van der Waals surface area contributed by atoms with Crippen molar-refractivity contribution in [2.24, 2.45) is 0 Å². The molecular weight excluding hydrogens is 384 g/mol. The van der Waals surface area contributed by atoms with Crippen LogP contribution in [0.5, 0.6) is 0 Å². The van der Waals surface area contributed by atoms with Crippen molar-refractivity contribution in [3.63, 3.8) is 0 Å².